The Bertz CT molecular complexity index is 1100. The predicted octanol–water partition coefficient (Wildman–Crippen LogP) is 1.28. The molecule has 1 aromatic carbocycles. The highest BCUT2D eigenvalue weighted by Gasteiger charge is 2.72. The van der Waals surface area contributed by atoms with Crippen molar-refractivity contribution < 1.29 is 39.2 Å². The Balaban J connectivity index is 1.51. The van der Waals surface area contributed by atoms with Gasteiger partial charge in [-0.2, -0.15) is 0 Å². The molecular weight excluding hydrogens is 430 g/mol. The van der Waals surface area contributed by atoms with Gasteiger partial charge in [0.15, 0.2) is 17.6 Å². The van der Waals surface area contributed by atoms with E-state index in [4.69, 9.17) is 9.47 Å². The Hall–Kier alpha value is -2.91. The molecular formula is C24H27NO8. The van der Waals surface area contributed by atoms with Gasteiger partial charge in [-0.25, -0.2) is 0 Å². The van der Waals surface area contributed by atoms with Crippen LogP contribution in [-0.2, 0) is 31.0 Å². The Morgan fingerprint density at radius 3 is 2.76 bits per heavy atom. The van der Waals surface area contributed by atoms with Gasteiger partial charge in [0.1, 0.15) is 11.5 Å². The first kappa shape index (κ1) is 21.9. The first-order chi connectivity index (χ1) is 15.6. The summed E-state index contributed by atoms with van der Waals surface area (Å²) in [6.45, 7) is 1.97. The topological polar surface area (TPSA) is 134 Å². The molecule has 33 heavy (non-hydrogen) atoms. The molecule has 2 heterocycles. The molecule has 0 radical (unpaired) electrons. The number of nitrogens with zero attached hydrogens (tertiary/aromatic N) is 1. The predicted molar refractivity (Wildman–Crippen MR) is 114 cm³/mol. The third-order valence-corrected chi connectivity index (χ3v) is 7.88. The first-order valence-corrected chi connectivity index (χ1v) is 11.2. The van der Waals surface area contributed by atoms with Crippen LogP contribution in [0, 0.1) is 5.92 Å². The number of carbonyl (C=O) groups excluding carboxylic acids is 2. The van der Waals surface area contributed by atoms with Crippen molar-refractivity contribution >= 4 is 17.7 Å². The average molecular weight is 457 g/mol. The van der Waals surface area contributed by atoms with Crippen LogP contribution < -0.4 is 4.74 Å². The molecule has 1 aromatic rings. The largest absolute Gasteiger partial charge is 0.504 e. The minimum Gasteiger partial charge on any atom is -0.504 e. The smallest absolute Gasteiger partial charge is 0.311 e. The van der Waals surface area contributed by atoms with Gasteiger partial charge in [0.2, 0.25) is 0 Å². The SMILES string of the molecule is CC(=O)C[C@@H](CC(=O)OC1=CC[C@@]2(O)[C@H]3Cc4ccc(O)c5c4[C@@]2(CCN3C)[C@H]1O5)C(=O)O. The number of hydrogen-bond acceptors (Lipinski definition) is 8. The summed E-state index contributed by atoms with van der Waals surface area (Å²) in [4.78, 5) is 37.7. The van der Waals surface area contributed by atoms with E-state index in [1.54, 1.807) is 12.1 Å². The van der Waals surface area contributed by atoms with Crippen LogP contribution >= 0.6 is 0 Å². The molecule has 0 aromatic heterocycles. The number of carboxylic acids is 1. The number of Topliss-reactive ketones (excluding diaryl/α,β-unsaturated/α-hetero) is 1. The highest BCUT2D eigenvalue weighted by atomic mass is 16.6. The molecule has 0 saturated carbocycles. The third-order valence-electron chi connectivity index (χ3n) is 7.88. The number of ketones is 1. The van der Waals surface area contributed by atoms with Gasteiger partial charge in [-0.1, -0.05) is 6.07 Å². The zero-order valence-electron chi connectivity index (χ0n) is 18.5. The van der Waals surface area contributed by atoms with Gasteiger partial charge in [0.25, 0.3) is 0 Å². The molecule has 5 atom stereocenters. The zero-order valence-corrected chi connectivity index (χ0v) is 18.5. The quantitative estimate of drug-likeness (QED) is 0.540. The second-order valence-corrected chi connectivity index (χ2v) is 9.72. The molecule has 9 heteroatoms. The molecule has 2 aliphatic heterocycles. The molecule has 1 spiro atoms. The van der Waals surface area contributed by atoms with Gasteiger partial charge in [0.05, 0.1) is 23.4 Å². The Kier molecular flexibility index (Phi) is 4.84. The maximum atomic E-state index is 12.7. The molecule has 0 unspecified atom stereocenters. The Morgan fingerprint density at radius 2 is 2.06 bits per heavy atom. The first-order valence-electron chi connectivity index (χ1n) is 11.2. The summed E-state index contributed by atoms with van der Waals surface area (Å²) >= 11 is 0. The van der Waals surface area contributed by atoms with Crippen molar-refractivity contribution in [2.45, 2.75) is 62.2 Å². The summed E-state index contributed by atoms with van der Waals surface area (Å²) in [5, 5.41) is 31.9. The van der Waals surface area contributed by atoms with E-state index in [0.717, 1.165) is 11.1 Å². The molecule has 2 bridgehead atoms. The van der Waals surface area contributed by atoms with Crippen LogP contribution in [0.4, 0.5) is 0 Å². The summed E-state index contributed by atoms with van der Waals surface area (Å²) < 4.78 is 11.8. The lowest BCUT2D eigenvalue weighted by Crippen LogP contribution is -2.74. The number of likely N-dealkylation sites (N-methyl/N-ethyl adjacent to an activating group) is 1. The molecule has 4 aliphatic rings. The Labute approximate surface area is 190 Å². The number of rotatable bonds is 6. The molecule has 9 nitrogen and oxygen atoms in total. The number of esters is 1. The number of phenols is 1. The highest BCUT2D eigenvalue weighted by Crippen LogP contribution is 2.65. The van der Waals surface area contributed by atoms with Crippen LogP contribution in [0.3, 0.4) is 0 Å². The van der Waals surface area contributed by atoms with Crippen LogP contribution in [0.25, 0.3) is 0 Å². The van der Waals surface area contributed by atoms with Crippen molar-refractivity contribution in [3.05, 3.63) is 35.1 Å². The van der Waals surface area contributed by atoms with E-state index in [2.05, 4.69) is 4.90 Å². The number of piperidine rings is 1. The van der Waals surface area contributed by atoms with Gasteiger partial charge in [-0.15, -0.1) is 0 Å². The molecule has 0 amide bonds. The number of carboxylic acid groups (broad SMARTS) is 1. The number of benzene rings is 1. The van der Waals surface area contributed by atoms with E-state index >= 15 is 0 Å². The molecule has 3 N–H and O–H groups in total. The van der Waals surface area contributed by atoms with Crippen LogP contribution in [0.1, 0.15) is 43.7 Å². The number of likely N-dealkylation sites (tertiary alicyclic amines) is 1. The number of ether oxygens (including phenoxy) is 2. The van der Waals surface area contributed by atoms with E-state index in [0.29, 0.717) is 25.1 Å². The third kappa shape index (κ3) is 2.95. The van der Waals surface area contributed by atoms with Crippen molar-refractivity contribution in [2.75, 3.05) is 13.6 Å². The standard InChI is InChI=1S/C24H27NO8/c1-12(26)9-14(22(29)30)11-18(28)32-16-5-6-24(31)17-10-13-3-4-15(27)20-19(13)23(24,21(16)33-20)7-8-25(17)2/h3-5,14,17,21,27,31H,6-11H2,1-2H3,(H,29,30)/t14-,17+,21-,23-,24+/m0/s1. The van der Waals surface area contributed by atoms with Crippen LogP contribution in [-0.4, -0.2) is 69.3 Å². The summed E-state index contributed by atoms with van der Waals surface area (Å²) in [6, 6.07) is 3.27. The van der Waals surface area contributed by atoms with Crippen LogP contribution in [0.5, 0.6) is 11.5 Å². The highest BCUT2D eigenvalue weighted by molar-refractivity contribution is 5.85. The second-order valence-electron chi connectivity index (χ2n) is 9.72. The maximum absolute atomic E-state index is 12.7. The fourth-order valence-corrected chi connectivity index (χ4v) is 6.41. The number of phenolic OH excluding ortho intramolecular Hbond substituents is 1. The van der Waals surface area contributed by atoms with Crippen molar-refractivity contribution in [3.8, 4) is 11.5 Å². The summed E-state index contributed by atoms with van der Waals surface area (Å²) in [5.74, 6) is -3.03. The minimum absolute atomic E-state index is 0.0321. The normalized spacial score (nSPS) is 32.3. The second kappa shape index (κ2) is 7.30. The van der Waals surface area contributed by atoms with Gasteiger partial charge >= 0.3 is 11.9 Å². The van der Waals surface area contributed by atoms with E-state index in [1.165, 1.54) is 6.92 Å². The number of aliphatic hydroxyl groups is 1. The van der Waals surface area contributed by atoms with E-state index < -0.39 is 41.4 Å². The maximum Gasteiger partial charge on any atom is 0.311 e. The summed E-state index contributed by atoms with van der Waals surface area (Å²) in [7, 11) is 1.98. The lowest BCUT2D eigenvalue weighted by Gasteiger charge is -2.61. The lowest BCUT2D eigenvalue weighted by atomic mass is 9.50. The molecule has 1 fully saturated rings. The minimum atomic E-state index is -1.24. The van der Waals surface area contributed by atoms with Crippen molar-refractivity contribution in [1.82, 2.24) is 4.90 Å². The molecule has 2 aliphatic carbocycles. The van der Waals surface area contributed by atoms with Crippen molar-refractivity contribution in [3.63, 3.8) is 0 Å². The summed E-state index contributed by atoms with van der Waals surface area (Å²) in [6.07, 6.45) is 1.49. The van der Waals surface area contributed by atoms with E-state index in [-0.39, 0.29) is 36.2 Å². The summed E-state index contributed by atoms with van der Waals surface area (Å²) in [5.41, 5.74) is -0.292. The average Bonchev–Trinajstić information content (AvgIpc) is 3.09. The van der Waals surface area contributed by atoms with Crippen LogP contribution in [0.15, 0.2) is 24.0 Å². The van der Waals surface area contributed by atoms with Gasteiger partial charge in [-0.3, -0.25) is 9.59 Å². The monoisotopic (exact) mass is 457 g/mol. The van der Waals surface area contributed by atoms with Gasteiger partial charge < -0.3 is 34.5 Å². The van der Waals surface area contributed by atoms with Crippen molar-refractivity contribution in [2.24, 2.45) is 5.92 Å². The fourth-order valence-electron chi connectivity index (χ4n) is 6.41. The number of aromatic hydroxyl groups is 1. The number of carbonyl (C=O) groups is 3. The molecule has 1 saturated heterocycles. The van der Waals surface area contributed by atoms with E-state index in [9.17, 15) is 29.7 Å². The molecule has 176 valence electrons. The lowest BCUT2D eigenvalue weighted by molar-refractivity contribution is -0.170. The Morgan fingerprint density at radius 1 is 1.30 bits per heavy atom. The van der Waals surface area contributed by atoms with E-state index in [1.807, 2.05) is 13.1 Å². The fraction of sp³-hybridized carbons (Fsp3) is 0.542. The van der Waals surface area contributed by atoms with Gasteiger partial charge in [-0.05, 0) is 51.1 Å². The van der Waals surface area contributed by atoms with Gasteiger partial charge in [0, 0.05) is 24.4 Å². The number of aliphatic carboxylic acids is 1. The number of hydrogen-bond donors (Lipinski definition) is 3. The van der Waals surface area contributed by atoms with Crippen molar-refractivity contribution in [1.29, 1.82) is 0 Å². The zero-order chi connectivity index (χ0) is 23.7. The molecule has 5 rings (SSSR count). The van der Waals surface area contributed by atoms with Crippen LogP contribution in [0.2, 0.25) is 0 Å².